The lowest BCUT2D eigenvalue weighted by Crippen LogP contribution is -2.79. The average Bonchev–Trinajstić information content (AvgIpc) is 3.52. The predicted molar refractivity (Wildman–Crippen MR) is 98.2 cm³/mol. The van der Waals surface area contributed by atoms with E-state index < -0.39 is 0 Å². The first-order valence-electron chi connectivity index (χ1n) is 10.4. The SMILES string of the molecule is COCCC(=O)N1CCC(N2C(=O)C(OCC3CC3)C23CCOCC3)CC1. The molecule has 1 atom stereocenters. The van der Waals surface area contributed by atoms with E-state index in [0.717, 1.165) is 45.4 Å². The maximum absolute atomic E-state index is 13.0. The molecule has 7 nitrogen and oxygen atoms in total. The Balaban J connectivity index is 1.37. The van der Waals surface area contributed by atoms with Crippen molar-refractivity contribution in [2.24, 2.45) is 5.92 Å². The van der Waals surface area contributed by atoms with Crippen molar-refractivity contribution < 1.29 is 23.8 Å². The van der Waals surface area contributed by atoms with E-state index >= 15 is 0 Å². The topological polar surface area (TPSA) is 68.3 Å². The Hall–Kier alpha value is -1.18. The number of ether oxygens (including phenoxy) is 3. The molecule has 152 valence electrons. The summed E-state index contributed by atoms with van der Waals surface area (Å²) in [5.74, 6) is 0.962. The fraction of sp³-hybridized carbons (Fsp3) is 0.900. The van der Waals surface area contributed by atoms with Crippen LogP contribution in [-0.4, -0.2) is 85.9 Å². The fourth-order valence-corrected chi connectivity index (χ4v) is 4.87. The molecule has 4 aliphatic rings. The number of amides is 2. The zero-order valence-electron chi connectivity index (χ0n) is 16.4. The highest BCUT2D eigenvalue weighted by atomic mass is 16.5. The lowest BCUT2D eigenvalue weighted by Gasteiger charge is -2.62. The van der Waals surface area contributed by atoms with Crippen LogP contribution in [0.4, 0.5) is 0 Å². The van der Waals surface area contributed by atoms with E-state index in [1.54, 1.807) is 7.11 Å². The van der Waals surface area contributed by atoms with Crippen LogP contribution in [0.2, 0.25) is 0 Å². The molecule has 2 amide bonds. The molecule has 0 aromatic carbocycles. The second kappa shape index (κ2) is 8.05. The molecule has 1 unspecified atom stereocenters. The van der Waals surface area contributed by atoms with Crippen LogP contribution in [0.3, 0.4) is 0 Å². The predicted octanol–water partition coefficient (Wildman–Crippen LogP) is 1.20. The molecule has 1 spiro atoms. The zero-order chi connectivity index (χ0) is 18.9. The zero-order valence-corrected chi connectivity index (χ0v) is 16.4. The third-order valence-corrected chi connectivity index (χ3v) is 6.69. The van der Waals surface area contributed by atoms with Crippen LogP contribution in [0.15, 0.2) is 0 Å². The Kier molecular flexibility index (Phi) is 5.71. The maximum Gasteiger partial charge on any atom is 0.254 e. The van der Waals surface area contributed by atoms with E-state index in [1.165, 1.54) is 12.8 Å². The molecule has 3 heterocycles. The number of hydrogen-bond donors (Lipinski definition) is 0. The lowest BCUT2D eigenvalue weighted by atomic mass is 9.72. The summed E-state index contributed by atoms with van der Waals surface area (Å²) in [6.45, 7) is 4.02. The number of piperidine rings is 1. The summed E-state index contributed by atoms with van der Waals surface area (Å²) in [5.41, 5.74) is -0.183. The number of rotatable bonds is 7. The minimum Gasteiger partial charge on any atom is -0.384 e. The molecule has 27 heavy (non-hydrogen) atoms. The van der Waals surface area contributed by atoms with E-state index in [4.69, 9.17) is 14.2 Å². The van der Waals surface area contributed by atoms with Gasteiger partial charge in [0.15, 0.2) is 6.10 Å². The molecule has 1 aliphatic carbocycles. The van der Waals surface area contributed by atoms with Gasteiger partial charge in [-0.1, -0.05) is 0 Å². The number of β-lactam (4-membered cyclic amide) rings is 1. The summed E-state index contributed by atoms with van der Waals surface area (Å²) in [7, 11) is 1.62. The van der Waals surface area contributed by atoms with Crippen LogP contribution in [0, 0.1) is 5.92 Å². The largest absolute Gasteiger partial charge is 0.384 e. The van der Waals surface area contributed by atoms with Crippen molar-refractivity contribution in [2.75, 3.05) is 46.6 Å². The smallest absolute Gasteiger partial charge is 0.254 e. The van der Waals surface area contributed by atoms with Gasteiger partial charge in [-0.3, -0.25) is 9.59 Å². The van der Waals surface area contributed by atoms with Crippen LogP contribution in [0.5, 0.6) is 0 Å². The standard InChI is InChI=1S/C20H32N2O5/c1-25-11-6-17(23)21-9-4-16(5-10-21)22-19(24)18(27-14-15-2-3-15)20(22)7-12-26-13-8-20/h15-16,18H,2-14H2,1H3. The second-order valence-electron chi connectivity index (χ2n) is 8.44. The molecular formula is C20H32N2O5. The fourth-order valence-electron chi connectivity index (χ4n) is 4.87. The molecule has 7 heteroatoms. The number of nitrogens with zero attached hydrogens (tertiary/aromatic N) is 2. The second-order valence-corrected chi connectivity index (χ2v) is 8.44. The van der Waals surface area contributed by atoms with Gasteiger partial charge >= 0.3 is 0 Å². The van der Waals surface area contributed by atoms with Gasteiger partial charge in [-0.25, -0.2) is 0 Å². The van der Waals surface area contributed by atoms with Crippen molar-refractivity contribution in [1.29, 1.82) is 0 Å². The molecule has 3 saturated heterocycles. The van der Waals surface area contributed by atoms with Crippen molar-refractivity contribution in [1.82, 2.24) is 9.80 Å². The van der Waals surface area contributed by atoms with E-state index in [2.05, 4.69) is 4.90 Å². The quantitative estimate of drug-likeness (QED) is 0.621. The Morgan fingerprint density at radius 3 is 2.52 bits per heavy atom. The summed E-state index contributed by atoms with van der Waals surface area (Å²) in [6, 6.07) is 0.211. The average molecular weight is 380 g/mol. The highest BCUT2D eigenvalue weighted by Gasteiger charge is 2.63. The summed E-state index contributed by atoms with van der Waals surface area (Å²) >= 11 is 0. The van der Waals surface area contributed by atoms with E-state index in [9.17, 15) is 9.59 Å². The Labute approximate surface area is 161 Å². The Morgan fingerprint density at radius 2 is 1.89 bits per heavy atom. The minimum absolute atomic E-state index is 0.150. The Bertz CT molecular complexity index is 551. The van der Waals surface area contributed by atoms with Gasteiger partial charge in [-0.05, 0) is 44.4 Å². The summed E-state index contributed by atoms with van der Waals surface area (Å²) in [6.07, 6.45) is 6.03. The van der Waals surface area contributed by atoms with E-state index in [-0.39, 0.29) is 29.5 Å². The van der Waals surface area contributed by atoms with Crippen LogP contribution in [0.25, 0.3) is 0 Å². The van der Waals surface area contributed by atoms with Gasteiger partial charge in [-0.2, -0.15) is 0 Å². The van der Waals surface area contributed by atoms with Crippen molar-refractivity contribution in [3.05, 3.63) is 0 Å². The highest BCUT2D eigenvalue weighted by Crippen LogP contribution is 2.46. The van der Waals surface area contributed by atoms with Gasteiger partial charge in [0.25, 0.3) is 5.91 Å². The van der Waals surface area contributed by atoms with Gasteiger partial charge in [-0.15, -0.1) is 0 Å². The molecule has 0 aromatic heterocycles. The van der Waals surface area contributed by atoms with Crippen molar-refractivity contribution in [3.63, 3.8) is 0 Å². The van der Waals surface area contributed by atoms with E-state index in [1.807, 2.05) is 4.90 Å². The van der Waals surface area contributed by atoms with Gasteiger partial charge < -0.3 is 24.0 Å². The highest BCUT2D eigenvalue weighted by molar-refractivity contribution is 5.91. The van der Waals surface area contributed by atoms with E-state index in [0.29, 0.717) is 32.2 Å². The molecule has 0 bridgehead atoms. The monoisotopic (exact) mass is 380 g/mol. The van der Waals surface area contributed by atoms with Crippen LogP contribution in [0.1, 0.15) is 44.9 Å². The first kappa shape index (κ1) is 19.2. The van der Waals surface area contributed by atoms with Crippen LogP contribution < -0.4 is 0 Å². The first-order valence-corrected chi connectivity index (χ1v) is 10.4. The van der Waals surface area contributed by atoms with Gasteiger partial charge in [0.2, 0.25) is 5.91 Å². The maximum atomic E-state index is 13.0. The normalized spacial score (nSPS) is 28.5. The van der Waals surface area contributed by atoms with Crippen LogP contribution >= 0.6 is 0 Å². The van der Waals surface area contributed by atoms with Gasteiger partial charge in [0, 0.05) is 39.5 Å². The molecule has 4 fully saturated rings. The third-order valence-electron chi connectivity index (χ3n) is 6.69. The molecule has 1 saturated carbocycles. The summed E-state index contributed by atoms with van der Waals surface area (Å²) in [5, 5.41) is 0. The number of hydrogen-bond acceptors (Lipinski definition) is 5. The summed E-state index contributed by atoms with van der Waals surface area (Å²) in [4.78, 5) is 29.2. The molecule has 4 rings (SSSR count). The Morgan fingerprint density at radius 1 is 1.19 bits per heavy atom. The molecule has 3 aliphatic heterocycles. The third kappa shape index (κ3) is 3.74. The van der Waals surface area contributed by atoms with Gasteiger partial charge in [0.05, 0.1) is 25.2 Å². The molecule has 0 aromatic rings. The molecule has 0 N–H and O–H groups in total. The first-order chi connectivity index (χ1) is 13.2. The lowest BCUT2D eigenvalue weighted by molar-refractivity contribution is -0.219. The molecular weight excluding hydrogens is 348 g/mol. The minimum atomic E-state index is -0.289. The van der Waals surface area contributed by atoms with Gasteiger partial charge in [0.1, 0.15) is 0 Å². The van der Waals surface area contributed by atoms with Crippen LogP contribution in [-0.2, 0) is 23.8 Å². The number of methoxy groups -OCH3 is 1. The number of carbonyl (C=O) groups excluding carboxylic acids is 2. The summed E-state index contributed by atoms with van der Waals surface area (Å²) < 4.78 is 16.7. The van der Waals surface area contributed by atoms with Crippen molar-refractivity contribution >= 4 is 11.8 Å². The molecule has 0 radical (unpaired) electrons. The number of carbonyl (C=O) groups is 2. The number of likely N-dealkylation sites (tertiary alicyclic amines) is 2. The van der Waals surface area contributed by atoms with Crippen molar-refractivity contribution in [3.8, 4) is 0 Å². The van der Waals surface area contributed by atoms with Crippen molar-refractivity contribution in [2.45, 2.75) is 62.6 Å².